The van der Waals surface area contributed by atoms with Gasteiger partial charge < -0.3 is 15.0 Å². The van der Waals surface area contributed by atoms with Gasteiger partial charge in [0.1, 0.15) is 4.90 Å². The Morgan fingerprint density at radius 3 is 2.64 bits per heavy atom. The lowest BCUT2D eigenvalue weighted by Gasteiger charge is -2.26. The van der Waals surface area contributed by atoms with Crippen molar-refractivity contribution in [3.05, 3.63) is 53.6 Å². The molecule has 1 fully saturated rings. The fourth-order valence-electron chi connectivity index (χ4n) is 3.35. The van der Waals surface area contributed by atoms with Crippen LogP contribution in [-0.4, -0.2) is 78.7 Å². The number of morpholine rings is 1. The number of ether oxygens (including phenoxy) is 1. The number of hydrogen-bond donors (Lipinski definition) is 1. The number of benzene rings is 2. The van der Waals surface area contributed by atoms with Crippen LogP contribution in [0.2, 0.25) is 5.02 Å². The molecule has 1 amide bonds. The molecule has 33 heavy (non-hydrogen) atoms. The Hall–Kier alpha value is -3.06. The molecule has 0 bridgehead atoms. The van der Waals surface area contributed by atoms with Crippen molar-refractivity contribution in [2.24, 2.45) is 0 Å². The highest BCUT2D eigenvalue weighted by Gasteiger charge is 2.28. The van der Waals surface area contributed by atoms with Crippen LogP contribution >= 0.6 is 11.6 Å². The second-order valence-electron chi connectivity index (χ2n) is 7.29. The van der Waals surface area contributed by atoms with Crippen molar-refractivity contribution in [2.45, 2.75) is 4.90 Å². The fourth-order valence-corrected chi connectivity index (χ4v) is 5.26. The van der Waals surface area contributed by atoms with E-state index in [1.165, 1.54) is 21.1 Å². The van der Waals surface area contributed by atoms with Gasteiger partial charge in [-0.15, -0.1) is 0 Å². The van der Waals surface area contributed by atoms with E-state index >= 15 is 0 Å². The average molecular weight is 492 g/mol. The number of tetrazole rings is 1. The van der Waals surface area contributed by atoms with E-state index in [-0.39, 0.29) is 35.5 Å². The van der Waals surface area contributed by atoms with Gasteiger partial charge in [0.15, 0.2) is 0 Å². The lowest BCUT2D eigenvalue weighted by Crippen LogP contribution is -2.40. The molecule has 0 aliphatic carbocycles. The van der Waals surface area contributed by atoms with Crippen molar-refractivity contribution in [2.75, 3.05) is 50.1 Å². The quantitative estimate of drug-likeness (QED) is 0.526. The normalized spacial score (nSPS) is 14.7. The zero-order valence-electron chi connectivity index (χ0n) is 17.8. The molecule has 1 aliphatic heterocycles. The third-order valence-corrected chi connectivity index (χ3v) is 7.36. The summed E-state index contributed by atoms with van der Waals surface area (Å²) in [6.45, 7) is 1.07. The molecular formula is C20H22ClN7O4S. The minimum absolute atomic E-state index is 0.0646. The molecule has 1 saturated heterocycles. The number of carbonyl (C=O) groups is 1. The highest BCUT2D eigenvalue weighted by Crippen LogP contribution is 2.28. The first-order chi connectivity index (χ1) is 15.9. The third kappa shape index (κ3) is 5.14. The molecule has 1 N–H and O–H groups in total. The summed E-state index contributed by atoms with van der Waals surface area (Å²) in [5.74, 6) is 0.000181. The Balaban J connectivity index is 1.47. The number of sulfonamides is 1. The van der Waals surface area contributed by atoms with Gasteiger partial charge in [0.25, 0.3) is 5.95 Å². The molecule has 1 aliphatic rings. The van der Waals surface area contributed by atoms with Gasteiger partial charge in [-0.25, -0.2) is 8.42 Å². The van der Waals surface area contributed by atoms with Gasteiger partial charge in [-0.05, 0) is 40.8 Å². The maximum absolute atomic E-state index is 13.0. The minimum atomic E-state index is -3.82. The van der Waals surface area contributed by atoms with E-state index < -0.39 is 10.0 Å². The van der Waals surface area contributed by atoms with Crippen molar-refractivity contribution < 1.29 is 17.9 Å². The minimum Gasteiger partial charge on any atom is -0.379 e. The highest BCUT2D eigenvalue weighted by molar-refractivity contribution is 7.89. The molecule has 3 aromatic rings. The molecule has 0 unspecified atom stereocenters. The van der Waals surface area contributed by atoms with Gasteiger partial charge in [0.2, 0.25) is 15.9 Å². The summed E-state index contributed by atoms with van der Waals surface area (Å²) in [5, 5.41) is 14.5. The number of anilines is 2. The number of nitrogens with zero attached hydrogens (tertiary/aromatic N) is 6. The Morgan fingerprint density at radius 2 is 1.91 bits per heavy atom. The number of amides is 1. The van der Waals surface area contributed by atoms with Gasteiger partial charge in [0.05, 0.1) is 30.5 Å². The summed E-state index contributed by atoms with van der Waals surface area (Å²) in [5.41, 5.74) is 1.06. The van der Waals surface area contributed by atoms with Crippen LogP contribution in [0.3, 0.4) is 0 Å². The molecule has 0 saturated carbocycles. The van der Waals surface area contributed by atoms with Crippen LogP contribution in [-0.2, 0) is 19.6 Å². The second kappa shape index (κ2) is 9.83. The standard InChI is InChI=1S/C20H22ClN7O4S/c1-26(20-23-24-25-28(20)16-5-3-2-4-6-16)14-19(29)22-15-7-8-17(21)18(13-15)33(30,31)27-9-11-32-12-10-27/h2-8,13H,9-12,14H2,1H3,(H,22,29). The van der Waals surface area contributed by atoms with Crippen LogP contribution in [0.1, 0.15) is 0 Å². The predicted octanol–water partition coefficient (Wildman–Crippen LogP) is 1.41. The molecule has 1 aromatic heterocycles. The van der Waals surface area contributed by atoms with Crippen LogP contribution in [0.15, 0.2) is 53.4 Å². The van der Waals surface area contributed by atoms with Gasteiger partial charge in [-0.2, -0.15) is 8.99 Å². The zero-order chi connectivity index (χ0) is 23.4. The molecule has 174 valence electrons. The molecule has 2 heterocycles. The van der Waals surface area contributed by atoms with Crippen LogP contribution in [0.4, 0.5) is 11.6 Å². The fraction of sp³-hybridized carbons (Fsp3) is 0.300. The first-order valence-corrected chi connectivity index (χ1v) is 11.9. The summed E-state index contributed by atoms with van der Waals surface area (Å²) < 4.78 is 34.0. The lowest BCUT2D eigenvalue weighted by atomic mass is 10.3. The Morgan fingerprint density at radius 1 is 1.18 bits per heavy atom. The van der Waals surface area contributed by atoms with E-state index in [2.05, 4.69) is 20.8 Å². The summed E-state index contributed by atoms with van der Waals surface area (Å²) in [4.78, 5) is 14.2. The largest absolute Gasteiger partial charge is 0.379 e. The second-order valence-corrected chi connectivity index (χ2v) is 9.61. The van der Waals surface area contributed by atoms with Gasteiger partial charge in [-0.3, -0.25) is 4.79 Å². The molecule has 0 atom stereocenters. The third-order valence-electron chi connectivity index (χ3n) is 4.98. The maximum atomic E-state index is 13.0. The molecule has 0 spiro atoms. The number of rotatable bonds is 7. The molecular weight excluding hydrogens is 470 g/mol. The molecule has 2 aromatic carbocycles. The SMILES string of the molecule is CN(CC(=O)Nc1ccc(Cl)c(S(=O)(=O)N2CCOCC2)c1)c1nnnn1-c1ccccc1. The number of nitrogens with one attached hydrogen (secondary N) is 1. The number of halogens is 1. The Bertz CT molecular complexity index is 1230. The number of carbonyl (C=O) groups excluding carboxylic acids is 1. The maximum Gasteiger partial charge on any atom is 0.250 e. The summed E-state index contributed by atoms with van der Waals surface area (Å²) >= 11 is 6.18. The number of likely N-dealkylation sites (N-methyl/N-ethyl adjacent to an activating group) is 1. The van der Waals surface area contributed by atoms with E-state index in [1.807, 2.05) is 30.3 Å². The molecule has 11 nitrogen and oxygen atoms in total. The predicted molar refractivity (Wildman–Crippen MR) is 122 cm³/mol. The number of hydrogen-bond acceptors (Lipinski definition) is 8. The highest BCUT2D eigenvalue weighted by atomic mass is 35.5. The zero-order valence-corrected chi connectivity index (χ0v) is 19.3. The number of para-hydroxylation sites is 1. The van der Waals surface area contributed by atoms with Crippen LogP contribution in [0.25, 0.3) is 5.69 Å². The summed E-state index contributed by atoms with van der Waals surface area (Å²) in [6.07, 6.45) is 0. The lowest BCUT2D eigenvalue weighted by molar-refractivity contribution is -0.114. The summed E-state index contributed by atoms with van der Waals surface area (Å²) in [7, 11) is -2.13. The van der Waals surface area contributed by atoms with Crippen molar-refractivity contribution in [3.63, 3.8) is 0 Å². The first kappa shape index (κ1) is 23.1. The molecule has 13 heteroatoms. The van der Waals surface area contributed by atoms with E-state index in [1.54, 1.807) is 18.0 Å². The van der Waals surface area contributed by atoms with Gasteiger partial charge in [0, 0.05) is 25.8 Å². The van der Waals surface area contributed by atoms with Crippen molar-refractivity contribution >= 4 is 39.2 Å². The van der Waals surface area contributed by atoms with Crippen LogP contribution < -0.4 is 10.2 Å². The molecule has 4 rings (SSSR count). The van der Waals surface area contributed by atoms with Crippen LogP contribution in [0, 0.1) is 0 Å². The van der Waals surface area contributed by atoms with Crippen molar-refractivity contribution in [3.8, 4) is 5.69 Å². The van der Waals surface area contributed by atoms with E-state index in [9.17, 15) is 13.2 Å². The number of aromatic nitrogens is 4. The first-order valence-electron chi connectivity index (χ1n) is 10.1. The van der Waals surface area contributed by atoms with E-state index in [0.717, 1.165) is 5.69 Å². The van der Waals surface area contributed by atoms with Gasteiger partial charge in [-0.1, -0.05) is 34.9 Å². The van der Waals surface area contributed by atoms with Crippen molar-refractivity contribution in [1.29, 1.82) is 0 Å². The van der Waals surface area contributed by atoms with Crippen LogP contribution in [0.5, 0.6) is 0 Å². The monoisotopic (exact) mass is 491 g/mol. The topological polar surface area (TPSA) is 123 Å². The van der Waals surface area contributed by atoms with Gasteiger partial charge >= 0.3 is 0 Å². The van der Waals surface area contributed by atoms with E-state index in [0.29, 0.717) is 24.8 Å². The smallest absolute Gasteiger partial charge is 0.250 e. The Kier molecular flexibility index (Phi) is 6.88. The summed E-state index contributed by atoms with van der Waals surface area (Å²) in [6, 6.07) is 13.6. The molecule has 0 radical (unpaired) electrons. The van der Waals surface area contributed by atoms with Crippen molar-refractivity contribution in [1.82, 2.24) is 24.5 Å². The Labute approximate surface area is 195 Å². The van der Waals surface area contributed by atoms with E-state index in [4.69, 9.17) is 16.3 Å². The average Bonchev–Trinajstić information content (AvgIpc) is 3.31.